The van der Waals surface area contributed by atoms with Gasteiger partial charge in [0, 0.05) is 24.1 Å². The molecule has 1 aliphatic carbocycles. The van der Waals surface area contributed by atoms with E-state index < -0.39 is 0 Å². The zero-order valence-electron chi connectivity index (χ0n) is 17.6. The molecule has 6 nitrogen and oxygen atoms in total. The third-order valence-corrected chi connectivity index (χ3v) is 6.69. The first-order valence-electron chi connectivity index (χ1n) is 10.7. The van der Waals surface area contributed by atoms with Crippen molar-refractivity contribution in [2.45, 2.75) is 38.8 Å². The predicted octanol–water partition coefficient (Wildman–Crippen LogP) is 4.03. The summed E-state index contributed by atoms with van der Waals surface area (Å²) < 4.78 is 20.9. The normalized spacial score (nSPS) is 24.5. The van der Waals surface area contributed by atoms with Gasteiger partial charge in [0.25, 0.3) is 5.91 Å². The summed E-state index contributed by atoms with van der Waals surface area (Å²) in [4.78, 5) is 20.4. The first-order valence-corrected chi connectivity index (χ1v) is 10.7. The zero-order valence-corrected chi connectivity index (χ0v) is 17.6. The van der Waals surface area contributed by atoms with Crippen LogP contribution in [0.2, 0.25) is 0 Å². The number of halogens is 1. The van der Waals surface area contributed by atoms with E-state index in [0.29, 0.717) is 35.6 Å². The van der Waals surface area contributed by atoms with E-state index in [1.807, 2.05) is 36.2 Å². The van der Waals surface area contributed by atoms with E-state index in [0.717, 1.165) is 18.5 Å². The number of hydrogen-bond acceptors (Lipinski definition) is 4. The number of fused-ring (bicyclic) bond motifs is 2. The highest BCUT2D eigenvalue weighted by Gasteiger charge is 2.51. The van der Waals surface area contributed by atoms with E-state index in [9.17, 15) is 9.18 Å². The van der Waals surface area contributed by atoms with E-state index >= 15 is 0 Å². The Labute approximate surface area is 180 Å². The predicted molar refractivity (Wildman–Crippen MR) is 114 cm³/mol. The Balaban J connectivity index is 1.45. The molecule has 7 heteroatoms. The van der Waals surface area contributed by atoms with Crippen molar-refractivity contribution in [3.8, 4) is 11.4 Å². The second-order valence-electron chi connectivity index (χ2n) is 8.56. The number of rotatable bonds is 5. The van der Waals surface area contributed by atoms with Gasteiger partial charge in [0.15, 0.2) is 5.69 Å². The van der Waals surface area contributed by atoms with Gasteiger partial charge in [-0.05, 0) is 74.1 Å². The van der Waals surface area contributed by atoms with Crippen molar-refractivity contribution in [1.29, 1.82) is 0 Å². The Morgan fingerprint density at radius 3 is 2.68 bits per heavy atom. The van der Waals surface area contributed by atoms with Crippen LogP contribution in [0.1, 0.15) is 35.9 Å². The number of amides is 1. The van der Waals surface area contributed by atoms with E-state index in [1.54, 1.807) is 23.0 Å². The third kappa shape index (κ3) is 3.58. The molecule has 2 aliphatic heterocycles. The molecule has 2 bridgehead atoms. The summed E-state index contributed by atoms with van der Waals surface area (Å²) in [5, 5.41) is 4.30. The van der Waals surface area contributed by atoms with Gasteiger partial charge in [-0.1, -0.05) is 6.92 Å². The lowest BCUT2D eigenvalue weighted by Gasteiger charge is -2.57. The second kappa shape index (κ2) is 7.80. The number of carbonyl (C=O) groups excluding carboxylic acids is 1. The van der Waals surface area contributed by atoms with E-state index in [2.05, 4.69) is 17.0 Å². The SMILES string of the molecule is Cc1ccc(-n2cccn2)c(C(=O)N2C3CC(C3)C(C)C2COc2ccc(F)cc2)n1. The molecule has 1 saturated carbocycles. The lowest BCUT2D eigenvalue weighted by Crippen LogP contribution is -2.64. The van der Waals surface area contributed by atoms with Crippen LogP contribution >= 0.6 is 0 Å². The zero-order chi connectivity index (χ0) is 21.5. The Kier molecular flexibility index (Phi) is 4.96. The van der Waals surface area contributed by atoms with Crippen molar-refractivity contribution in [1.82, 2.24) is 19.7 Å². The fraction of sp³-hybridized carbons (Fsp3) is 0.375. The Morgan fingerprint density at radius 2 is 1.97 bits per heavy atom. The molecule has 160 valence electrons. The van der Waals surface area contributed by atoms with Gasteiger partial charge in [-0.25, -0.2) is 14.1 Å². The summed E-state index contributed by atoms with van der Waals surface area (Å²) >= 11 is 0. The number of pyridine rings is 1. The molecule has 1 amide bonds. The smallest absolute Gasteiger partial charge is 0.275 e. The average Bonchev–Trinajstić information content (AvgIpc) is 3.27. The second-order valence-corrected chi connectivity index (χ2v) is 8.56. The first kappa shape index (κ1) is 19.7. The van der Waals surface area contributed by atoms with Crippen LogP contribution < -0.4 is 4.74 Å². The molecule has 31 heavy (non-hydrogen) atoms. The van der Waals surface area contributed by atoms with Crippen molar-refractivity contribution in [3.63, 3.8) is 0 Å². The van der Waals surface area contributed by atoms with Crippen molar-refractivity contribution < 1.29 is 13.9 Å². The molecule has 0 radical (unpaired) electrons. The van der Waals surface area contributed by atoms with Crippen molar-refractivity contribution >= 4 is 5.91 Å². The van der Waals surface area contributed by atoms with Crippen LogP contribution in [0.5, 0.6) is 5.75 Å². The van der Waals surface area contributed by atoms with Gasteiger partial charge in [-0.3, -0.25) is 4.79 Å². The van der Waals surface area contributed by atoms with Gasteiger partial charge in [0.1, 0.15) is 18.2 Å². The number of aryl methyl sites for hydroxylation is 1. The lowest BCUT2D eigenvalue weighted by molar-refractivity contribution is -0.0673. The number of carbonyl (C=O) groups is 1. The van der Waals surface area contributed by atoms with E-state index in [-0.39, 0.29) is 23.8 Å². The summed E-state index contributed by atoms with van der Waals surface area (Å²) in [6.07, 6.45) is 5.54. The average molecular weight is 420 g/mol. The first-order chi connectivity index (χ1) is 15.0. The molecule has 3 aliphatic rings. The van der Waals surface area contributed by atoms with Crippen LogP contribution in [0.15, 0.2) is 54.9 Å². The van der Waals surface area contributed by atoms with Crippen LogP contribution in [-0.2, 0) is 0 Å². The molecule has 2 saturated heterocycles. The summed E-state index contributed by atoms with van der Waals surface area (Å²) in [5.41, 5.74) is 1.87. The molecule has 3 aromatic rings. The summed E-state index contributed by atoms with van der Waals surface area (Å²) in [5.74, 6) is 1.13. The fourth-order valence-corrected chi connectivity index (χ4v) is 4.81. The van der Waals surface area contributed by atoms with Gasteiger partial charge in [-0.15, -0.1) is 0 Å². The monoisotopic (exact) mass is 420 g/mol. The van der Waals surface area contributed by atoms with Gasteiger partial charge in [0.05, 0.1) is 11.7 Å². The molecule has 3 fully saturated rings. The standard InChI is InChI=1S/C24H25FN4O2/c1-15-4-9-21(28-11-3-10-26-28)23(27-15)24(30)29-19-12-17(13-19)16(2)22(29)14-31-20-7-5-18(25)6-8-20/h3-11,16-17,19,22H,12-14H2,1-2H3. The van der Waals surface area contributed by atoms with Crippen LogP contribution in [0.3, 0.4) is 0 Å². The maximum atomic E-state index is 13.8. The van der Waals surface area contributed by atoms with Crippen LogP contribution in [0.4, 0.5) is 4.39 Å². The summed E-state index contributed by atoms with van der Waals surface area (Å²) in [6, 6.07) is 11.7. The minimum absolute atomic E-state index is 0.0668. The van der Waals surface area contributed by atoms with E-state index in [1.165, 1.54) is 12.1 Å². The van der Waals surface area contributed by atoms with E-state index in [4.69, 9.17) is 4.74 Å². The molecule has 1 aromatic carbocycles. The Bertz CT molecular complexity index is 1080. The third-order valence-electron chi connectivity index (χ3n) is 6.69. The van der Waals surface area contributed by atoms with Crippen LogP contribution in [-0.4, -0.2) is 44.3 Å². The highest BCUT2D eigenvalue weighted by molar-refractivity contribution is 5.96. The molecular weight excluding hydrogens is 395 g/mol. The molecule has 4 heterocycles. The van der Waals surface area contributed by atoms with Crippen molar-refractivity contribution in [2.24, 2.45) is 11.8 Å². The highest BCUT2D eigenvalue weighted by atomic mass is 19.1. The highest BCUT2D eigenvalue weighted by Crippen LogP contribution is 2.47. The molecule has 2 unspecified atom stereocenters. The number of nitrogens with zero attached hydrogens (tertiary/aromatic N) is 4. The maximum absolute atomic E-state index is 13.8. The van der Waals surface area contributed by atoms with Gasteiger partial charge in [-0.2, -0.15) is 5.10 Å². The molecular formula is C24H25FN4O2. The fourth-order valence-electron chi connectivity index (χ4n) is 4.81. The maximum Gasteiger partial charge on any atom is 0.275 e. The number of hydrogen-bond donors (Lipinski definition) is 0. The van der Waals surface area contributed by atoms with Crippen LogP contribution in [0, 0.1) is 24.6 Å². The molecule has 6 rings (SSSR count). The summed E-state index contributed by atoms with van der Waals surface area (Å²) in [7, 11) is 0. The number of aromatic nitrogens is 3. The summed E-state index contributed by atoms with van der Waals surface area (Å²) in [6.45, 7) is 4.45. The number of benzene rings is 1. The topological polar surface area (TPSA) is 60.2 Å². The van der Waals surface area contributed by atoms with Crippen molar-refractivity contribution in [3.05, 3.63) is 72.1 Å². The Morgan fingerprint density at radius 1 is 1.19 bits per heavy atom. The van der Waals surface area contributed by atoms with Gasteiger partial charge < -0.3 is 9.64 Å². The van der Waals surface area contributed by atoms with Crippen LogP contribution in [0.25, 0.3) is 5.69 Å². The quantitative estimate of drug-likeness (QED) is 0.625. The van der Waals surface area contributed by atoms with Crippen molar-refractivity contribution in [2.75, 3.05) is 6.61 Å². The lowest BCUT2D eigenvalue weighted by atomic mass is 9.64. The molecule has 2 aromatic heterocycles. The molecule has 0 spiro atoms. The molecule has 0 N–H and O–H groups in total. The minimum Gasteiger partial charge on any atom is -0.491 e. The number of piperidine rings is 2. The Hall–Kier alpha value is -3.22. The largest absolute Gasteiger partial charge is 0.491 e. The minimum atomic E-state index is -0.298. The number of ether oxygens (including phenoxy) is 1. The van der Waals surface area contributed by atoms with Gasteiger partial charge >= 0.3 is 0 Å². The molecule has 2 atom stereocenters. The van der Waals surface area contributed by atoms with Gasteiger partial charge in [0.2, 0.25) is 0 Å².